The van der Waals surface area contributed by atoms with E-state index in [2.05, 4.69) is 20.8 Å². The van der Waals surface area contributed by atoms with E-state index in [0.29, 0.717) is 22.5 Å². The SMILES string of the molecule is O=C(N/N=C/c1cn(-c2ccccc2)nc1-c1cccc(O)c1)c1cccc(-n2cc(-c3ccccc3)nn2)c1. The highest BCUT2D eigenvalue weighted by Gasteiger charge is 2.13. The minimum absolute atomic E-state index is 0.131. The molecule has 194 valence electrons. The molecule has 0 aliphatic heterocycles. The molecule has 9 nitrogen and oxygen atoms in total. The minimum Gasteiger partial charge on any atom is -0.508 e. The number of benzene rings is 4. The van der Waals surface area contributed by atoms with Crippen molar-refractivity contribution in [3.8, 4) is 39.6 Å². The number of hydrogen-bond donors (Lipinski definition) is 2. The number of amides is 1. The van der Waals surface area contributed by atoms with Crippen LogP contribution >= 0.6 is 0 Å². The quantitative estimate of drug-likeness (QED) is 0.218. The topological polar surface area (TPSA) is 110 Å². The van der Waals surface area contributed by atoms with Crippen LogP contribution in [-0.2, 0) is 0 Å². The molecule has 0 saturated heterocycles. The first-order valence-electron chi connectivity index (χ1n) is 12.5. The molecule has 0 radical (unpaired) electrons. The van der Waals surface area contributed by atoms with Crippen molar-refractivity contribution in [1.82, 2.24) is 30.2 Å². The molecule has 0 atom stereocenters. The Hall–Kier alpha value is -5.83. The molecule has 1 amide bonds. The summed E-state index contributed by atoms with van der Waals surface area (Å²) in [6, 6.07) is 33.3. The van der Waals surface area contributed by atoms with Gasteiger partial charge in [0, 0.05) is 28.5 Å². The van der Waals surface area contributed by atoms with Crippen LogP contribution in [0.2, 0.25) is 0 Å². The fourth-order valence-corrected chi connectivity index (χ4v) is 4.22. The number of nitrogens with zero attached hydrogens (tertiary/aromatic N) is 6. The average Bonchev–Trinajstić information content (AvgIpc) is 3.67. The zero-order chi connectivity index (χ0) is 27.3. The van der Waals surface area contributed by atoms with Crippen LogP contribution in [0.15, 0.2) is 127 Å². The highest BCUT2D eigenvalue weighted by atomic mass is 16.3. The number of hydrogen-bond acceptors (Lipinski definition) is 6. The van der Waals surface area contributed by atoms with E-state index in [9.17, 15) is 9.90 Å². The Morgan fingerprint density at radius 1 is 0.775 bits per heavy atom. The van der Waals surface area contributed by atoms with E-state index >= 15 is 0 Å². The zero-order valence-electron chi connectivity index (χ0n) is 21.2. The summed E-state index contributed by atoms with van der Waals surface area (Å²) in [6.45, 7) is 0. The van der Waals surface area contributed by atoms with Gasteiger partial charge in [-0.1, -0.05) is 71.9 Å². The maximum atomic E-state index is 12.9. The molecule has 9 heteroatoms. The molecule has 0 saturated carbocycles. The lowest BCUT2D eigenvalue weighted by Gasteiger charge is -2.04. The van der Waals surface area contributed by atoms with Crippen LogP contribution in [0.25, 0.3) is 33.9 Å². The Morgan fingerprint density at radius 2 is 1.50 bits per heavy atom. The number of hydrazone groups is 1. The second kappa shape index (κ2) is 10.9. The molecule has 2 N–H and O–H groups in total. The van der Waals surface area contributed by atoms with E-state index < -0.39 is 0 Å². The Balaban J connectivity index is 1.23. The van der Waals surface area contributed by atoms with Gasteiger partial charge in [-0.15, -0.1) is 5.10 Å². The van der Waals surface area contributed by atoms with E-state index in [-0.39, 0.29) is 11.7 Å². The van der Waals surface area contributed by atoms with Gasteiger partial charge in [0.15, 0.2) is 0 Å². The largest absolute Gasteiger partial charge is 0.508 e. The van der Waals surface area contributed by atoms with Crippen molar-refractivity contribution in [3.05, 3.63) is 133 Å². The third-order valence-electron chi connectivity index (χ3n) is 6.19. The molecule has 0 aliphatic carbocycles. The number of aromatic nitrogens is 5. The van der Waals surface area contributed by atoms with Crippen molar-refractivity contribution in [2.75, 3.05) is 0 Å². The highest BCUT2D eigenvalue weighted by molar-refractivity contribution is 5.96. The van der Waals surface area contributed by atoms with Crippen molar-refractivity contribution in [3.63, 3.8) is 0 Å². The molecular weight excluding hydrogens is 502 g/mol. The standard InChI is InChI=1S/C31H23N7O2/c39-28-16-8-11-23(18-28)30-25(20-37(35-30)26-13-5-2-6-14-26)19-32-34-31(40)24-12-7-15-27(17-24)38-21-29(33-36-38)22-9-3-1-4-10-22/h1-21,39H,(H,34,40)/b32-19+. The fraction of sp³-hybridized carbons (Fsp3) is 0. The third kappa shape index (κ3) is 5.25. The van der Waals surface area contributed by atoms with Gasteiger partial charge in [0.05, 0.1) is 23.8 Å². The number of carbonyl (C=O) groups is 1. The summed E-state index contributed by atoms with van der Waals surface area (Å²) in [5.41, 5.74) is 8.26. The van der Waals surface area contributed by atoms with E-state index in [1.807, 2.05) is 85.2 Å². The first kappa shape index (κ1) is 24.5. The predicted molar refractivity (Wildman–Crippen MR) is 153 cm³/mol. The Bertz CT molecular complexity index is 1810. The summed E-state index contributed by atoms with van der Waals surface area (Å²) in [5.74, 6) is -0.248. The van der Waals surface area contributed by atoms with Gasteiger partial charge < -0.3 is 5.11 Å². The number of phenolic OH excluding ortho intramolecular Hbond substituents is 1. The lowest BCUT2D eigenvalue weighted by atomic mass is 10.1. The smallest absolute Gasteiger partial charge is 0.271 e. The van der Waals surface area contributed by atoms with E-state index in [4.69, 9.17) is 5.10 Å². The summed E-state index contributed by atoms with van der Waals surface area (Å²) in [6.07, 6.45) is 5.18. The molecule has 40 heavy (non-hydrogen) atoms. The zero-order valence-corrected chi connectivity index (χ0v) is 21.2. The molecule has 0 aliphatic rings. The number of phenols is 1. The lowest BCUT2D eigenvalue weighted by molar-refractivity contribution is 0.0955. The summed E-state index contributed by atoms with van der Waals surface area (Å²) < 4.78 is 3.36. The molecule has 0 fully saturated rings. The summed E-state index contributed by atoms with van der Waals surface area (Å²) >= 11 is 0. The first-order valence-corrected chi connectivity index (χ1v) is 12.5. The van der Waals surface area contributed by atoms with E-state index in [0.717, 1.165) is 22.5 Å². The number of aromatic hydroxyl groups is 1. The number of rotatable bonds is 7. The van der Waals surface area contributed by atoms with Crippen LogP contribution < -0.4 is 5.43 Å². The van der Waals surface area contributed by atoms with Crippen molar-refractivity contribution in [2.24, 2.45) is 5.10 Å². The number of carbonyl (C=O) groups excluding carboxylic acids is 1. The second-order valence-electron chi connectivity index (χ2n) is 8.93. The van der Waals surface area contributed by atoms with Crippen LogP contribution in [0.5, 0.6) is 5.75 Å². The molecule has 6 rings (SSSR count). The molecule has 6 aromatic rings. The summed E-state index contributed by atoms with van der Waals surface area (Å²) in [4.78, 5) is 12.9. The Labute approximate surface area is 229 Å². The third-order valence-corrected chi connectivity index (χ3v) is 6.19. The van der Waals surface area contributed by atoms with Crippen LogP contribution in [0.1, 0.15) is 15.9 Å². The van der Waals surface area contributed by atoms with Gasteiger partial charge in [-0.05, 0) is 42.5 Å². The predicted octanol–water partition coefficient (Wildman–Crippen LogP) is 5.26. The maximum Gasteiger partial charge on any atom is 0.271 e. The average molecular weight is 526 g/mol. The van der Waals surface area contributed by atoms with Crippen LogP contribution in [0.4, 0.5) is 0 Å². The molecule has 4 aromatic carbocycles. The van der Waals surface area contributed by atoms with Gasteiger partial charge in [0.25, 0.3) is 5.91 Å². The van der Waals surface area contributed by atoms with Gasteiger partial charge >= 0.3 is 0 Å². The molecular formula is C31H23N7O2. The first-order chi connectivity index (χ1) is 19.6. The van der Waals surface area contributed by atoms with Crippen molar-refractivity contribution < 1.29 is 9.90 Å². The van der Waals surface area contributed by atoms with Gasteiger partial charge in [0.1, 0.15) is 17.1 Å². The summed E-state index contributed by atoms with van der Waals surface area (Å²) in [7, 11) is 0. The minimum atomic E-state index is -0.379. The van der Waals surface area contributed by atoms with Crippen LogP contribution in [0, 0.1) is 0 Å². The van der Waals surface area contributed by atoms with Crippen molar-refractivity contribution in [1.29, 1.82) is 0 Å². The normalized spacial score (nSPS) is 11.1. The number of nitrogens with one attached hydrogen (secondary N) is 1. The molecule has 2 heterocycles. The van der Waals surface area contributed by atoms with E-state index in [1.165, 1.54) is 6.21 Å². The molecule has 0 unspecified atom stereocenters. The van der Waals surface area contributed by atoms with Gasteiger partial charge in [-0.2, -0.15) is 10.2 Å². The highest BCUT2D eigenvalue weighted by Crippen LogP contribution is 2.25. The Kier molecular flexibility index (Phi) is 6.67. The number of para-hydroxylation sites is 1. The van der Waals surface area contributed by atoms with Crippen LogP contribution in [0.3, 0.4) is 0 Å². The molecule has 0 spiro atoms. The monoisotopic (exact) mass is 525 g/mol. The van der Waals surface area contributed by atoms with E-state index in [1.54, 1.807) is 45.8 Å². The Morgan fingerprint density at radius 3 is 2.30 bits per heavy atom. The summed E-state index contributed by atoms with van der Waals surface area (Å²) in [5, 5.41) is 27.4. The molecule has 0 bridgehead atoms. The van der Waals surface area contributed by atoms with Gasteiger partial charge in [-0.3, -0.25) is 4.79 Å². The van der Waals surface area contributed by atoms with Crippen LogP contribution in [-0.4, -0.2) is 42.0 Å². The maximum absolute atomic E-state index is 12.9. The lowest BCUT2D eigenvalue weighted by Crippen LogP contribution is -2.17. The van der Waals surface area contributed by atoms with Crippen molar-refractivity contribution >= 4 is 12.1 Å². The fourth-order valence-electron chi connectivity index (χ4n) is 4.22. The second-order valence-corrected chi connectivity index (χ2v) is 8.93. The van der Waals surface area contributed by atoms with Gasteiger partial charge in [0.2, 0.25) is 0 Å². The van der Waals surface area contributed by atoms with Crippen molar-refractivity contribution in [2.45, 2.75) is 0 Å². The molecule has 2 aromatic heterocycles. The van der Waals surface area contributed by atoms with Gasteiger partial charge in [-0.25, -0.2) is 14.8 Å².